The third-order valence-electron chi connectivity index (χ3n) is 4.05. The monoisotopic (exact) mass is 339 g/mol. The van der Waals surface area contributed by atoms with Crippen LogP contribution in [0.2, 0.25) is 0 Å². The van der Waals surface area contributed by atoms with E-state index in [1.54, 1.807) is 0 Å². The SMILES string of the molecule is CC[N+]1=C2C=CCCC2(C)c2ccccc21.[I-]. The van der Waals surface area contributed by atoms with Crippen molar-refractivity contribution in [1.82, 2.24) is 0 Å². The van der Waals surface area contributed by atoms with Crippen molar-refractivity contribution < 1.29 is 28.6 Å². The summed E-state index contributed by atoms with van der Waals surface area (Å²) in [6.07, 6.45) is 7.08. The van der Waals surface area contributed by atoms with Gasteiger partial charge in [0.15, 0.2) is 5.71 Å². The third kappa shape index (κ3) is 1.68. The topological polar surface area (TPSA) is 3.01 Å². The first-order valence-corrected chi connectivity index (χ1v) is 6.18. The van der Waals surface area contributed by atoms with Crippen LogP contribution in [-0.2, 0) is 5.41 Å². The summed E-state index contributed by atoms with van der Waals surface area (Å²) in [7, 11) is 0. The summed E-state index contributed by atoms with van der Waals surface area (Å²) in [5, 5.41) is 0. The van der Waals surface area contributed by atoms with Gasteiger partial charge in [-0.2, -0.15) is 4.58 Å². The fourth-order valence-electron chi connectivity index (χ4n) is 3.19. The van der Waals surface area contributed by atoms with Gasteiger partial charge < -0.3 is 24.0 Å². The summed E-state index contributed by atoms with van der Waals surface area (Å²) in [4.78, 5) is 0. The summed E-state index contributed by atoms with van der Waals surface area (Å²) in [6, 6.07) is 8.86. The number of allylic oxidation sites excluding steroid dienone is 2. The van der Waals surface area contributed by atoms with Crippen molar-refractivity contribution in [3.63, 3.8) is 0 Å². The van der Waals surface area contributed by atoms with Gasteiger partial charge in [0, 0.05) is 17.7 Å². The average Bonchev–Trinajstić information content (AvgIpc) is 2.58. The molecule has 0 radical (unpaired) electrons. The summed E-state index contributed by atoms with van der Waals surface area (Å²) in [5.41, 5.74) is 4.66. The van der Waals surface area contributed by atoms with E-state index in [0.717, 1.165) is 6.54 Å². The maximum Gasteiger partial charge on any atom is 0.209 e. The highest BCUT2D eigenvalue weighted by Gasteiger charge is 2.47. The first-order valence-electron chi connectivity index (χ1n) is 6.18. The molecule has 2 aliphatic rings. The molecule has 3 rings (SSSR count). The van der Waals surface area contributed by atoms with Crippen LogP contribution in [0.5, 0.6) is 0 Å². The molecule has 90 valence electrons. The Kier molecular flexibility index (Phi) is 3.43. The van der Waals surface area contributed by atoms with Gasteiger partial charge in [-0.25, -0.2) is 0 Å². The average molecular weight is 339 g/mol. The van der Waals surface area contributed by atoms with Crippen LogP contribution in [0.3, 0.4) is 0 Å². The molecular weight excluding hydrogens is 321 g/mol. The number of hydrogen-bond acceptors (Lipinski definition) is 0. The van der Waals surface area contributed by atoms with E-state index in [1.807, 2.05) is 0 Å². The van der Waals surface area contributed by atoms with Crippen molar-refractivity contribution in [2.24, 2.45) is 0 Å². The zero-order chi connectivity index (χ0) is 11.2. The van der Waals surface area contributed by atoms with Gasteiger partial charge in [-0.05, 0) is 26.7 Å². The third-order valence-corrected chi connectivity index (χ3v) is 4.05. The van der Waals surface area contributed by atoms with Crippen molar-refractivity contribution in [3.8, 4) is 0 Å². The van der Waals surface area contributed by atoms with Gasteiger partial charge in [-0.1, -0.05) is 24.3 Å². The van der Waals surface area contributed by atoms with Crippen molar-refractivity contribution in [2.75, 3.05) is 6.54 Å². The van der Waals surface area contributed by atoms with Crippen molar-refractivity contribution in [1.29, 1.82) is 0 Å². The first-order chi connectivity index (χ1) is 7.77. The van der Waals surface area contributed by atoms with Crippen molar-refractivity contribution in [3.05, 3.63) is 42.0 Å². The Morgan fingerprint density at radius 3 is 2.82 bits per heavy atom. The Hall–Kier alpha value is -0.640. The van der Waals surface area contributed by atoms with E-state index in [2.05, 4.69) is 54.8 Å². The van der Waals surface area contributed by atoms with Gasteiger partial charge in [-0.3, -0.25) is 0 Å². The van der Waals surface area contributed by atoms with E-state index in [4.69, 9.17) is 0 Å². The first kappa shape index (κ1) is 12.8. The van der Waals surface area contributed by atoms with Crippen LogP contribution < -0.4 is 24.0 Å². The molecule has 0 fully saturated rings. The van der Waals surface area contributed by atoms with E-state index in [0.29, 0.717) is 0 Å². The van der Waals surface area contributed by atoms with Crippen LogP contribution in [0.25, 0.3) is 0 Å². The number of halogens is 1. The molecule has 1 heterocycles. The Morgan fingerprint density at radius 2 is 2.06 bits per heavy atom. The smallest absolute Gasteiger partial charge is 0.209 e. The number of rotatable bonds is 1. The molecule has 17 heavy (non-hydrogen) atoms. The highest BCUT2D eigenvalue weighted by Crippen LogP contribution is 2.44. The van der Waals surface area contributed by atoms with Crippen LogP contribution in [-0.4, -0.2) is 16.8 Å². The van der Waals surface area contributed by atoms with E-state index in [1.165, 1.54) is 29.8 Å². The molecule has 0 saturated carbocycles. The molecular formula is C15H18IN. The molecule has 1 nitrogen and oxygen atoms in total. The minimum atomic E-state index is 0. The Balaban J connectivity index is 0.00000108. The molecule has 1 atom stereocenters. The van der Waals surface area contributed by atoms with Crippen LogP contribution >= 0.6 is 0 Å². The van der Waals surface area contributed by atoms with E-state index in [9.17, 15) is 0 Å². The van der Waals surface area contributed by atoms with Crippen molar-refractivity contribution >= 4 is 11.4 Å². The van der Waals surface area contributed by atoms with Gasteiger partial charge >= 0.3 is 0 Å². The predicted octanol–water partition coefficient (Wildman–Crippen LogP) is 0.417. The van der Waals surface area contributed by atoms with Gasteiger partial charge in [0.25, 0.3) is 0 Å². The standard InChI is InChI=1S/C15H18N.HI/c1-3-16-13-9-5-4-8-12(13)15(2)11-7-6-10-14(15)16;/h4-6,8-10H,3,7,11H2,1-2H3;1H/q+1;/p-1. The van der Waals surface area contributed by atoms with Gasteiger partial charge in [0.05, 0.1) is 5.41 Å². The van der Waals surface area contributed by atoms with E-state index >= 15 is 0 Å². The lowest BCUT2D eigenvalue weighted by atomic mass is 9.73. The molecule has 0 N–H and O–H groups in total. The number of fused-ring (bicyclic) bond motifs is 3. The van der Waals surface area contributed by atoms with Crippen LogP contribution in [0, 0.1) is 0 Å². The largest absolute Gasteiger partial charge is 1.00 e. The van der Waals surface area contributed by atoms with Crippen LogP contribution in [0.4, 0.5) is 5.69 Å². The fraction of sp³-hybridized carbons (Fsp3) is 0.400. The molecule has 0 bridgehead atoms. The molecule has 1 aromatic carbocycles. The second-order valence-electron chi connectivity index (χ2n) is 4.92. The molecule has 0 aromatic heterocycles. The molecule has 1 aromatic rings. The number of para-hydroxylation sites is 1. The minimum absolute atomic E-state index is 0. The summed E-state index contributed by atoms with van der Waals surface area (Å²) in [6.45, 7) is 5.69. The van der Waals surface area contributed by atoms with Gasteiger partial charge in [0.2, 0.25) is 5.69 Å². The quantitative estimate of drug-likeness (QED) is 0.515. The minimum Gasteiger partial charge on any atom is -1.00 e. The lowest BCUT2D eigenvalue weighted by Gasteiger charge is -2.24. The highest BCUT2D eigenvalue weighted by atomic mass is 127. The molecule has 0 saturated heterocycles. The number of hydrogen-bond donors (Lipinski definition) is 0. The molecule has 1 unspecified atom stereocenters. The Morgan fingerprint density at radius 1 is 1.29 bits per heavy atom. The maximum atomic E-state index is 2.46. The summed E-state index contributed by atoms with van der Waals surface area (Å²) in [5.74, 6) is 0. The summed E-state index contributed by atoms with van der Waals surface area (Å²) < 4.78 is 2.46. The zero-order valence-electron chi connectivity index (χ0n) is 10.4. The Bertz CT molecular complexity index is 501. The summed E-state index contributed by atoms with van der Waals surface area (Å²) >= 11 is 0. The Labute approximate surface area is 120 Å². The lowest BCUT2D eigenvalue weighted by molar-refractivity contribution is -0.433. The normalized spacial score (nSPS) is 25.3. The van der Waals surface area contributed by atoms with Gasteiger partial charge in [-0.15, -0.1) is 0 Å². The van der Waals surface area contributed by atoms with Crippen LogP contribution in [0.1, 0.15) is 32.3 Å². The highest BCUT2D eigenvalue weighted by molar-refractivity contribution is 6.04. The van der Waals surface area contributed by atoms with Crippen molar-refractivity contribution in [2.45, 2.75) is 32.1 Å². The predicted molar refractivity (Wildman–Crippen MR) is 67.6 cm³/mol. The molecule has 1 aliphatic carbocycles. The number of nitrogens with zero attached hydrogens (tertiary/aromatic N) is 1. The second-order valence-corrected chi connectivity index (χ2v) is 4.92. The molecule has 1 aliphatic heterocycles. The van der Waals surface area contributed by atoms with Gasteiger partial charge in [0.1, 0.15) is 6.54 Å². The zero-order valence-corrected chi connectivity index (χ0v) is 12.6. The number of benzene rings is 1. The van der Waals surface area contributed by atoms with Crippen LogP contribution in [0.15, 0.2) is 36.4 Å². The fourth-order valence-corrected chi connectivity index (χ4v) is 3.19. The molecule has 0 amide bonds. The molecule has 0 spiro atoms. The van der Waals surface area contributed by atoms with E-state index in [-0.39, 0.29) is 29.4 Å². The maximum absolute atomic E-state index is 2.46. The lowest BCUT2D eigenvalue weighted by Crippen LogP contribution is -3.00. The van der Waals surface area contributed by atoms with E-state index < -0.39 is 0 Å². The second kappa shape index (κ2) is 4.56. The molecule has 2 heteroatoms.